The molecule has 74 valence electrons. The molecule has 0 radical (unpaired) electrons. The van der Waals surface area contributed by atoms with Crippen molar-refractivity contribution in [3.8, 4) is 0 Å². The number of piperidine rings is 1. The summed E-state index contributed by atoms with van der Waals surface area (Å²) < 4.78 is 1.25. The zero-order valence-corrected chi connectivity index (χ0v) is 9.86. The maximum absolute atomic E-state index is 4.13. The van der Waals surface area contributed by atoms with Crippen molar-refractivity contribution < 1.29 is 0 Å². The van der Waals surface area contributed by atoms with Crippen LogP contribution in [-0.2, 0) is 0 Å². The van der Waals surface area contributed by atoms with Gasteiger partial charge in [0.05, 0.1) is 0 Å². The first-order valence-electron chi connectivity index (χ1n) is 5.07. The quantitative estimate of drug-likeness (QED) is 0.737. The number of aromatic nitrogens is 1. The van der Waals surface area contributed by atoms with Gasteiger partial charge < -0.3 is 0 Å². The van der Waals surface area contributed by atoms with Crippen LogP contribution < -0.4 is 0 Å². The van der Waals surface area contributed by atoms with E-state index in [-0.39, 0.29) is 0 Å². The topological polar surface area (TPSA) is 16.1 Å². The van der Waals surface area contributed by atoms with Crippen LogP contribution >= 0.6 is 0 Å². The fourth-order valence-electron chi connectivity index (χ4n) is 1.77. The first-order chi connectivity index (χ1) is 6.88. The van der Waals surface area contributed by atoms with E-state index in [0.717, 1.165) is 0 Å². The van der Waals surface area contributed by atoms with E-state index in [1.54, 1.807) is 0 Å². The molecule has 0 saturated carbocycles. The molecule has 0 aliphatic carbocycles. The Balaban J connectivity index is 2.07. The Hall–Kier alpha value is -0.661. The Morgan fingerprint density at radius 3 is 2.71 bits per heavy atom. The average molecular weight is 253 g/mol. The second-order valence-corrected chi connectivity index (χ2v) is 4.41. The Morgan fingerprint density at radius 2 is 2.07 bits per heavy atom. The molecule has 1 aliphatic heterocycles. The van der Waals surface area contributed by atoms with Crippen LogP contribution in [0.1, 0.15) is 24.8 Å². The van der Waals surface area contributed by atoms with Gasteiger partial charge in [0, 0.05) is 0 Å². The third kappa shape index (κ3) is 2.23. The summed E-state index contributed by atoms with van der Waals surface area (Å²) in [6.45, 7) is 2.36. The van der Waals surface area contributed by atoms with E-state index in [4.69, 9.17) is 0 Å². The van der Waals surface area contributed by atoms with Gasteiger partial charge in [-0.3, -0.25) is 0 Å². The molecule has 1 saturated heterocycles. The zero-order chi connectivity index (χ0) is 9.80. The van der Waals surface area contributed by atoms with Crippen LogP contribution in [0.15, 0.2) is 24.5 Å². The summed E-state index contributed by atoms with van der Waals surface area (Å²) in [6, 6.07) is 4.09. The van der Waals surface area contributed by atoms with E-state index < -0.39 is 0 Å². The van der Waals surface area contributed by atoms with Crippen molar-refractivity contribution in [3.63, 3.8) is 0 Å². The van der Waals surface area contributed by atoms with Gasteiger partial charge in [0.15, 0.2) is 0 Å². The second-order valence-electron chi connectivity index (χ2n) is 3.59. The Morgan fingerprint density at radius 1 is 1.29 bits per heavy atom. The predicted molar refractivity (Wildman–Crippen MR) is 59.5 cm³/mol. The molecule has 14 heavy (non-hydrogen) atoms. The van der Waals surface area contributed by atoms with Crippen molar-refractivity contribution in [2.75, 3.05) is 13.1 Å². The van der Waals surface area contributed by atoms with E-state index >= 15 is 0 Å². The molecule has 0 aromatic carbocycles. The van der Waals surface area contributed by atoms with Gasteiger partial charge in [-0.05, 0) is 0 Å². The van der Waals surface area contributed by atoms with Gasteiger partial charge in [0.2, 0.25) is 0 Å². The minimum absolute atomic E-state index is 1.18. The average Bonchev–Trinajstić information content (AvgIpc) is 2.30. The number of nitrogens with zero attached hydrogens (tertiary/aromatic N) is 2. The fraction of sp³-hybridized carbons (Fsp3) is 0.455. The van der Waals surface area contributed by atoms with Crippen molar-refractivity contribution in [2.24, 2.45) is 0 Å². The molecule has 1 fully saturated rings. The molecule has 2 heterocycles. The number of likely N-dealkylation sites (tertiary alicyclic amines) is 1. The third-order valence-corrected chi connectivity index (χ3v) is 3.59. The standard InChI is InChI=1S/C11H14N2Se/c14-11(10-5-4-6-12-9-10)13-7-2-1-3-8-13/h4-6,9H,1-3,7-8H2. The van der Waals surface area contributed by atoms with Crippen LogP contribution in [-0.4, -0.2) is 43.1 Å². The van der Waals surface area contributed by atoms with Gasteiger partial charge >= 0.3 is 92.4 Å². The van der Waals surface area contributed by atoms with E-state index in [1.165, 1.54) is 42.5 Å². The van der Waals surface area contributed by atoms with Crippen LogP contribution in [0.4, 0.5) is 0 Å². The molecule has 2 rings (SSSR count). The van der Waals surface area contributed by atoms with E-state index in [9.17, 15) is 0 Å². The summed E-state index contributed by atoms with van der Waals surface area (Å²) in [5, 5.41) is 0. The molecule has 0 unspecified atom stereocenters. The first kappa shape index (κ1) is 9.88. The maximum atomic E-state index is 4.13. The molecule has 0 amide bonds. The molecule has 0 N–H and O–H groups in total. The molecule has 2 nitrogen and oxygen atoms in total. The van der Waals surface area contributed by atoms with E-state index in [0.29, 0.717) is 0 Å². The Bertz CT molecular complexity index is 304. The molecule has 1 aliphatic rings. The van der Waals surface area contributed by atoms with Crippen molar-refractivity contribution in [3.05, 3.63) is 30.1 Å². The molecule has 0 atom stereocenters. The summed E-state index contributed by atoms with van der Waals surface area (Å²) in [5.41, 5.74) is 1.20. The van der Waals surface area contributed by atoms with Crippen LogP contribution in [0.25, 0.3) is 0 Å². The number of pyridine rings is 1. The van der Waals surface area contributed by atoms with Crippen LogP contribution in [0.3, 0.4) is 0 Å². The monoisotopic (exact) mass is 254 g/mol. The van der Waals surface area contributed by atoms with Gasteiger partial charge in [-0.25, -0.2) is 0 Å². The first-order valence-corrected chi connectivity index (χ1v) is 5.93. The second kappa shape index (κ2) is 4.72. The van der Waals surface area contributed by atoms with E-state index in [2.05, 4.69) is 31.5 Å². The predicted octanol–water partition coefficient (Wildman–Crippen LogP) is 1.21. The van der Waals surface area contributed by atoms with Crippen molar-refractivity contribution in [1.82, 2.24) is 9.88 Å². The van der Waals surface area contributed by atoms with Crippen LogP contribution in [0.5, 0.6) is 0 Å². The summed E-state index contributed by atoms with van der Waals surface area (Å²) in [7, 11) is 0. The normalized spacial score (nSPS) is 16.7. The van der Waals surface area contributed by atoms with Crippen LogP contribution in [0, 0.1) is 0 Å². The summed E-state index contributed by atoms with van der Waals surface area (Å²) in [4.78, 5) is 6.55. The SMILES string of the molecule is [Se]=C(c1cccnc1)N1CCCCC1. The number of rotatable bonds is 2. The van der Waals surface area contributed by atoms with Gasteiger partial charge in [0.25, 0.3) is 0 Å². The molecule has 0 spiro atoms. The zero-order valence-electron chi connectivity index (χ0n) is 8.15. The fourth-order valence-corrected chi connectivity index (χ4v) is 2.41. The number of hydrogen-bond acceptors (Lipinski definition) is 2. The van der Waals surface area contributed by atoms with Crippen molar-refractivity contribution >= 4 is 20.1 Å². The molecule has 1 aromatic rings. The summed E-state index contributed by atoms with van der Waals surface area (Å²) >= 11 is 3.17. The van der Waals surface area contributed by atoms with Gasteiger partial charge in [-0.15, -0.1) is 0 Å². The van der Waals surface area contributed by atoms with Gasteiger partial charge in [-0.1, -0.05) is 0 Å². The Labute approximate surface area is 92.7 Å². The Kier molecular flexibility index (Phi) is 3.33. The van der Waals surface area contributed by atoms with Crippen LogP contribution in [0.2, 0.25) is 0 Å². The van der Waals surface area contributed by atoms with E-state index in [1.807, 2.05) is 18.5 Å². The molecule has 0 bridgehead atoms. The van der Waals surface area contributed by atoms with Gasteiger partial charge in [-0.2, -0.15) is 0 Å². The summed E-state index contributed by atoms with van der Waals surface area (Å²) in [6.07, 6.45) is 7.72. The summed E-state index contributed by atoms with van der Waals surface area (Å²) in [5.74, 6) is 0. The third-order valence-electron chi connectivity index (χ3n) is 2.55. The van der Waals surface area contributed by atoms with Crippen molar-refractivity contribution in [1.29, 1.82) is 0 Å². The number of hydrogen-bond donors (Lipinski definition) is 0. The van der Waals surface area contributed by atoms with Crippen molar-refractivity contribution in [2.45, 2.75) is 19.3 Å². The molecule has 1 aromatic heterocycles. The molecular weight excluding hydrogens is 239 g/mol. The molecule has 3 heteroatoms. The van der Waals surface area contributed by atoms with Gasteiger partial charge in [0.1, 0.15) is 0 Å². The molecular formula is C11H14N2Se. The minimum atomic E-state index is 1.18.